The molecule has 1 fully saturated rings. The summed E-state index contributed by atoms with van der Waals surface area (Å²) in [5, 5.41) is 3.09. The van der Waals surface area contributed by atoms with Crippen molar-refractivity contribution in [2.24, 2.45) is 5.73 Å². The van der Waals surface area contributed by atoms with Crippen LogP contribution in [-0.2, 0) is 4.79 Å². The van der Waals surface area contributed by atoms with E-state index in [0.29, 0.717) is 18.9 Å². The highest BCUT2D eigenvalue weighted by atomic mass is 16.2. The monoisotopic (exact) mass is 227 g/mol. The first-order valence-electron chi connectivity index (χ1n) is 6.30. The summed E-state index contributed by atoms with van der Waals surface area (Å²) in [6.07, 6.45) is 3.46. The van der Waals surface area contributed by atoms with Gasteiger partial charge in [0.15, 0.2) is 0 Å². The molecular formula is C12H25N3O. The Hall–Kier alpha value is -0.610. The molecule has 0 radical (unpaired) electrons. The normalized spacial score (nSPS) is 19.8. The van der Waals surface area contributed by atoms with E-state index < -0.39 is 5.54 Å². The third kappa shape index (κ3) is 3.19. The van der Waals surface area contributed by atoms with Gasteiger partial charge in [0.2, 0.25) is 5.91 Å². The molecule has 1 aliphatic heterocycles. The Kier molecular flexibility index (Phi) is 4.74. The van der Waals surface area contributed by atoms with Crippen LogP contribution in [0.15, 0.2) is 0 Å². The minimum absolute atomic E-state index is 0.0204. The number of carbonyl (C=O) groups excluding carboxylic acids is 1. The third-order valence-corrected chi connectivity index (χ3v) is 3.77. The molecule has 0 spiro atoms. The van der Waals surface area contributed by atoms with Crippen LogP contribution in [0.5, 0.6) is 0 Å². The number of nitrogens with zero attached hydrogens (tertiary/aromatic N) is 1. The van der Waals surface area contributed by atoms with Crippen molar-refractivity contribution in [2.75, 3.05) is 20.1 Å². The molecule has 16 heavy (non-hydrogen) atoms. The maximum Gasteiger partial charge on any atom is 0.240 e. The summed E-state index contributed by atoms with van der Waals surface area (Å²) in [6.45, 7) is 6.05. The molecule has 94 valence electrons. The summed E-state index contributed by atoms with van der Waals surface area (Å²) in [5.74, 6) is 0.0204. The van der Waals surface area contributed by atoms with Crippen molar-refractivity contribution in [3.63, 3.8) is 0 Å². The fourth-order valence-electron chi connectivity index (χ4n) is 2.05. The van der Waals surface area contributed by atoms with E-state index in [9.17, 15) is 4.79 Å². The molecule has 4 nitrogen and oxygen atoms in total. The van der Waals surface area contributed by atoms with Crippen molar-refractivity contribution in [2.45, 2.75) is 51.1 Å². The van der Waals surface area contributed by atoms with E-state index in [2.05, 4.69) is 17.3 Å². The Balaban J connectivity index is 2.45. The average Bonchev–Trinajstić information content (AvgIpc) is 2.31. The molecule has 1 heterocycles. The second-order valence-electron chi connectivity index (χ2n) is 4.91. The fraction of sp³-hybridized carbons (Fsp3) is 0.917. The highest BCUT2D eigenvalue weighted by Gasteiger charge is 2.31. The molecule has 0 aliphatic carbocycles. The van der Waals surface area contributed by atoms with Crippen LogP contribution >= 0.6 is 0 Å². The van der Waals surface area contributed by atoms with Crippen LogP contribution in [0.4, 0.5) is 0 Å². The molecule has 0 saturated carbocycles. The Morgan fingerprint density at radius 1 is 1.38 bits per heavy atom. The van der Waals surface area contributed by atoms with Gasteiger partial charge >= 0.3 is 0 Å². The first-order chi connectivity index (χ1) is 7.51. The second-order valence-corrected chi connectivity index (χ2v) is 4.91. The summed E-state index contributed by atoms with van der Waals surface area (Å²) >= 11 is 0. The highest BCUT2D eigenvalue weighted by molar-refractivity contribution is 5.86. The molecule has 0 aromatic carbocycles. The van der Waals surface area contributed by atoms with Gasteiger partial charge in [-0.3, -0.25) is 4.79 Å². The Bertz CT molecular complexity index is 230. The number of hydrogen-bond donors (Lipinski definition) is 2. The Morgan fingerprint density at radius 2 is 1.88 bits per heavy atom. The number of carbonyl (C=O) groups is 1. The SMILES string of the molecule is CCC(N)(CC)C(=O)NC1CCN(C)CC1. The van der Waals surface area contributed by atoms with Gasteiger partial charge in [-0.1, -0.05) is 13.8 Å². The second kappa shape index (κ2) is 5.64. The van der Waals surface area contributed by atoms with Gasteiger partial charge in [-0.25, -0.2) is 0 Å². The van der Waals surface area contributed by atoms with Gasteiger partial charge < -0.3 is 16.0 Å². The van der Waals surface area contributed by atoms with Crippen LogP contribution in [0.1, 0.15) is 39.5 Å². The molecule has 0 atom stereocenters. The minimum Gasteiger partial charge on any atom is -0.352 e. The fourth-order valence-corrected chi connectivity index (χ4v) is 2.05. The molecule has 1 aliphatic rings. The molecule has 1 amide bonds. The van der Waals surface area contributed by atoms with Crippen molar-refractivity contribution in [1.82, 2.24) is 10.2 Å². The van der Waals surface area contributed by atoms with Gasteiger partial charge in [0.05, 0.1) is 5.54 Å². The van der Waals surface area contributed by atoms with E-state index in [1.807, 2.05) is 13.8 Å². The molecule has 3 N–H and O–H groups in total. The van der Waals surface area contributed by atoms with Crippen LogP contribution < -0.4 is 11.1 Å². The predicted octanol–water partition coefficient (Wildman–Crippen LogP) is 0.714. The minimum atomic E-state index is -0.677. The predicted molar refractivity (Wildman–Crippen MR) is 66.2 cm³/mol. The summed E-state index contributed by atoms with van der Waals surface area (Å²) in [5.41, 5.74) is 5.38. The van der Waals surface area contributed by atoms with Gasteiger partial charge in [-0.2, -0.15) is 0 Å². The summed E-state index contributed by atoms with van der Waals surface area (Å²) < 4.78 is 0. The molecule has 0 aromatic heterocycles. The van der Waals surface area contributed by atoms with Crippen molar-refractivity contribution in [3.05, 3.63) is 0 Å². The zero-order valence-corrected chi connectivity index (χ0v) is 10.8. The van der Waals surface area contributed by atoms with Crippen LogP contribution in [0.25, 0.3) is 0 Å². The lowest BCUT2D eigenvalue weighted by Crippen LogP contribution is -2.56. The van der Waals surface area contributed by atoms with Crippen molar-refractivity contribution < 1.29 is 4.79 Å². The van der Waals surface area contributed by atoms with E-state index in [1.54, 1.807) is 0 Å². The van der Waals surface area contributed by atoms with E-state index in [1.165, 1.54) is 0 Å². The summed E-state index contributed by atoms with van der Waals surface area (Å²) in [6, 6.07) is 0.310. The summed E-state index contributed by atoms with van der Waals surface area (Å²) in [7, 11) is 2.11. The van der Waals surface area contributed by atoms with Gasteiger partial charge in [0, 0.05) is 6.04 Å². The maximum atomic E-state index is 12.0. The van der Waals surface area contributed by atoms with E-state index in [-0.39, 0.29) is 5.91 Å². The van der Waals surface area contributed by atoms with Crippen LogP contribution in [0.2, 0.25) is 0 Å². The van der Waals surface area contributed by atoms with Crippen LogP contribution in [0, 0.1) is 0 Å². The highest BCUT2D eigenvalue weighted by Crippen LogP contribution is 2.14. The van der Waals surface area contributed by atoms with Gasteiger partial charge in [0.1, 0.15) is 0 Å². The maximum absolute atomic E-state index is 12.0. The van der Waals surface area contributed by atoms with E-state index in [0.717, 1.165) is 25.9 Å². The van der Waals surface area contributed by atoms with Crippen molar-refractivity contribution in [3.8, 4) is 0 Å². The first kappa shape index (κ1) is 13.5. The largest absolute Gasteiger partial charge is 0.352 e. The molecule has 0 bridgehead atoms. The molecular weight excluding hydrogens is 202 g/mol. The van der Waals surface area contributed by atoms with Gasteiger partial charge in [-0.05, 0) is 45.8 Å². The number of piperidine rings is 1. The molecule has 1 saturated heterocycles. The van der Waals surface area contributed by atoms with Crippen molar-refractivity contribution >= 4 is 5.91 Å². The molecule has 0 unspecified atom stereocenters. The smallest absolute Gasteiger partial charge is 0.240 e. The summed E-state index contributed by atoms with van der Waals surface area (Å²) in [4.78, 5) is 14.3. The lowest BCUT2D eigenvalue weighted by Gasteiger charge is -2.33. The topological polar surface area (TPSA) is 58.4 Å². The lowest BCUT2D eigenvalue weighted by molar-refractivity contribution is -0.127. The number of nitrogens with two attached hydrogens (primary N) is 1. The van der Waals surface area contributed by atoms with Gasteiger partial charge in [0.25, 0.3) is 0 Å². The van der Waals surface area contributed by atoms with Crippen molar-refractivity contribution in [1.29, 1.82) is 0 Å². The number of nitrogens with one attached hydrogen (secondary N) is 1. The standard InChI is InChI=1S/C12H25N3O/c1-4-12(13,5-2)11(16)14-10-6-8-15(3)9-7-10/h10H,4-9,13H2,1-3H3,(H,14,16). The lowest BCUT2D eigenvalue weighted by atomic mass is 9.92. The number of rotatable bonds is 4. The number of hydrogen-bond acceptors (Lipinski definition) is 3. The number of amides is 1. The van der Waals surface area contributed by atoms with E-state index in [4.69, 9.17) is 5.73 Å². The number of likely N-dealkylation sites (tertiary alicyclic amines) is 1. The zero-order chi connectivity index (χ0) is 12.2. The Morgan fingerprint density at radius 3 is 2.31 bits per heavy atom. The zero-order valence-electron chi connectivity index (χ0n) is 10.8. The van der Waals surface area contributed by atoms with E-state index >= 15 is 0 Å². The first-order valence-corrected chi connectivity index (χ1v) is 6.30. The van der Waals surface area contributed by atoms with Crippen LogP contribution in [-0.4, -0.2) is 42.5 Å². The average molecular weight is 227 g/mol. The molecule has 4 heteroatoms. The third-order valence-electron chi connectivity index (χ3n) is 3.77. The quantitative estimate of drug-likeness (QED) is 0.744. The molecule has 0 aromatic rings. The Labute approximate surface area is 98.6 Å². The van der Waals surface area contributed by atoms with Crippen LogP contribution in [0.3, 0.4) is 0 Å². The molecule has 1 rings (SSSR count). The van der Waals surface area contributed by atoms with Gasteiger partial charge in [-0.15, -0.1) is 0 Å².